The van der Waals surface area contributed by atoms with E-state index in [9.17, 15) is 0 Å². The third-order valence-electron chi connectivity index (χ3n) is 6.93. The van der Waals surface area contributed by atoms with Gasteiger partial charge >= 0.3 is 0 Å². The molecular weight excluding hydrogens is 525 g/mol. The van der Waals surface area contributed by atoms with Gasteiger partial charge in [-0.2, -0.15) is 5.10 Å². The van der Waals surface area contributed by atoms with Crippen molar-refractivity contribution in [3.63, 3.8) is 0 Å². The Morgan fingerprint density at radius 1 is 1.18 bits per heavy atom. The molecule has 3 unspecified atom stereocenters. The first-order chi connectivity index (χ1) is 15.5. The lowest BCUT2D eigenvalue weighted by molar-refractivity contribution is 0.114. The first-order valence-corrected chi connectivity index (χ1v) is 12.0. The van der Waals surface area contributed by atoms with Crippen LogP contribution in [0.1, 0.15) is 49.8 Å². The molecule has 2 aliphatic heterocycles. The molecule has 3 heterocycles. The number of aromatic nitrogens is 2. The maximum Gasteiger partial charge on any atom is 0.191 e. The summed E-state index contributed by atoms with van der Waals surface area (Å²) in [6, 6.07) is 12.9. The van der Waals surface area contributed by atoms with Crippen LogP contribution < -0.4 is 10.6 Å². The Balaban J connectivity index is 0.00000306. The Morgan fingerprint density at radius 2 is 1.88 bits per heavy atom. The molecule has 0 saturated carbocycles. The third-order valence-corrected chi connectivity index (χ3v) is 6.93. The van der Waals surface area contributed by atoms with Crippen molar-refractivity contribution >= 4 is 29.9 Å². The Hall–Kier alpha value is -1.65. The number of benzene rings is 1. The van der Waals surface area contributed by atoms with Crippen LogP contribution in [0.4, 0.5) is 0 Å². The lowest BCUT2D eigenvalue weighted by Crippen LogP contribution is -2.52. The molecule has 2 aliphatic rings. The smallest absolute Gasteiger partial charge is 0.191 e. The van der Waals surface area contributed by atoms with E-state index < -0.39 is 0 Å². The number of fused-ring (bicyclic) bond motifs is 2. The summed E-state index contributed by atoms with van der Waals surface area (Å²) in [7, 11) is 6.17. The van der Waals surface area contributed by atoms with Crippen molar-refractivity contribution in [3.05, 3.63) is 53.9 Å². The maximum absolute atomic E-state index is 4.97. The van der Waals surface area contributed by atoms with Gasteiger partial charge in [-0.05, 0) is 52.3 Å². The molecule has 1 aromatic heterocycles. The predicted octanol–water partition coefficient (Wildman–Crippen LogP) is 3.39. The standard InChI is InChI=1S/C25H39N7.HI/c1-5-26-25(27-16-24(30(2)3)20-15-28-31(4)18-20)29-21-13-22-11-12-23(14-21)32(22)17-19-9-7-6-8-10-19;/h6-10,15,18,21-24H,5,11-14,16-17H2,1-4H3,(H2,26,27,29);1H. The van der Waals surface area contributed by atoms with Gasteiger partial charge in [0.1, 0.15) is 0 Å². The van der Waals surface area contributed by atoms with Crippen LogP contribution in [0.2, 0.25) is 0 Å². The molecule has 3 atom stereocenters. The summed E-state index contributed by atoms with van der Waals surface area (Å²) in [5, 5.41) is 11.6. The molecule has 0 spiro atoms. The number of guanidine groups is 1. The van der Waals surface area contributed by atoms with E-state index in [-0.39, 0.29) is 30.0 Å². The van der Waals surface area contributed by atoms with Crippen LogP contribution >= 0.6 is 24.0 Å². The molecule has 2 saturated heterocycles. The summed E-state index contributed by atoms with van der Waals surface area (Å²) >= 11 is 0. The first kappa shape index (κ1) is 26.0. The Bertz CT molecular complexity index is 868. The second kappa shape index (κ2) is 12.2. The molecular formula is C25H40IN7. The largest absolute Gasteiger partial charge is 0.357 e. The highest BCUT2D eigenvalue weighted by Crippen LogP contribution is 2.36. The van der Waals surface area contributed by atoms with Crippen LogP contribution in [0.25, 0.3) is 0 Å². The van der Waals surface area contributed by atoms with Gasteiger partial charge in [0.05, 0.1) is 18.8 Å². The summed E-state index contributed by atoms with van der Waals surface area (Å²) in [5.41, 5.74) is 2.63. The molecule has 2 bridgehead atoms. The van der Waals surface area contributed by atoms with Crippen molar-refractivity contribution in [1.82, 2.24) is 30.2 Å². The molecule has 7 nitrogen and oxygen atoms in total. The second-order valence-electron chi connectivity index (χ2n) is 9.50. The number of nitrogens with zero attached hydrogens (tertiary/aromatic N) is 5. The fourth-order valence-corrected chi connectivity index (χ4v) is 5.31. The van der Waals surface area contributed by atoms with Crippen molar-refractivity contribution in [2.75, 3.05) is 27.2 Å². The molecule has 2 N–H and O–H groups in total. The number of aliphatic imine (C=N–C) groups is 1. The van der Waals surface area contributed by atoms with Crippen molar-refractivity contribution in [3.8, 4) is 0 Å². The van der Waals surface area contributed by atoms with Gasteiger partial charge in [-0.1, -0.05) is 30.3 Å². The van der Waals surface area contributed by atoms with E-state index in [0.29, 0.717) is 24.7 Å². The van der Waals surface area contributed by atoms with Crippen LogP contribution in [0.3, 0.4) is 0 Å². The monoisotopic (exact) mass is 565 g/mol. The number of rotatable bonds is 8. The number of hydrogen-bond donors (Lipinski definition) is 2. The molecule has 2 fully saturated rings. The summed E-state index contributed by atoms with van der Waals surface area (Å²) < 4.78 is 1.86. The number of hydrogen-bond acceptors (Lipinski definition) is 4. The minimum Gasteiger partial charge on any atom is -0.357 e. The van der Waals surface area contributed by atoms with E-state index in [2.05, 4.69) is 83.1 Å². The van der Waals surface area contributed by atoms with E-state index in [1.807, 2.05) is 17.9 Å². The zero-order chi connectivity index (χ0) is 22.5. The van der Waals surface area contributed by atoms with Crippen molar-refractivity contribution in [1.29, 1.82) is 0 Å². The molecule has 0 aliphatic carbocycles. The van der Waals surface area contributed by atoms with Gasteiger partial charge in [0.15, 0.2) is 5.96 Å². The normalized spacial score (nSPS) is 23.9. The lowest BCUT2D eigenvalue weighted by atomic mass is 9.96. The zero-order valence-corrected chi connectivity index (χ0v) is 22.8. The lowest BCUT2D eigenvalue weighted by Gasteiger charge is -2.39. The highest BCUT2D eigenvalue weighted by atomic mass is 127. The molecule has 0 amide bonds. The van der Waals surface area contributed by atoms with Crippen molar-refractivity contribution in [2.45, 2.75) is 63.3 Å². The summed E-state index contributed by atoms with van der Waals surface area (Å²) in [5.74, 6) is 0.934. The Labute approximate surface area is 216 Å². The average Bonchev–Trinajstić information content (AvgIpc) is 3.28. The number of piperidine rings is 1. The molecule has 1 aromatic carbocycles. The molecule has 2 aromatic rings. The van der Waals surface area contributed by atoms with Crippen LogP contribution in [-0.2, 0) is 13.6 Å². The minimum absolute atomic E-state index is 0. The summed E-state index contributed by atoms with van der Waals surface area (Å²) in [6.45, 7) is 4.78. The number of aryl methyl sites for hydroxylation is 1. The SMILES string of the molecule is CCNC(=NCC(c1cnn(C)c1)N(C)C)NC1CC2CCC(C1)N2Cc1ccccc1.I. The van der Waals surface area contributed by atoms with Gasteiger partial charge in [-0.25, -0.2) is 0 Å². The van der Waals surface area contributed by atoms with Gasteiger partial charge in [0, 0.05) is 50.0 Å². The minimum atomic E-state index is 0. The van der Waals surface area contributed by atoms with Gasteiger partial charge in [-0.3, -0.25) is 14.6 Å². The molecule has 182 valence electrons. The quantitative estimate of drug-likeness (QED) is 0.292. The summed E-state index contributed by atoms with van der Waals surface area (Å²) in [4.78, 5) is 9.93. The zero-order valence-electron chi connectivity index (χ0n) is 20.4. The number of nitrogens with one attached hydrogen (secondary N) is 2. The van der Waals surface area contributed by atoms with Gasteiger partial charge < -0.3 is 15.5 Å². The second-order valence-corrected chi connectivity index (χ2v) is 9.50. The van der Waals surface area contributed by atoms with Crippen molar-refractivity contribution in [2.24, 2.45) is 12.0 Å². The van der Waals surface area contributed by atoms with Gasteiger partial charge in [-0.15, -0.1) is 24.0 Å². The van der Waals surface area contributed by atoms with E-state index in [0.717, 1.165) is 19.0 Å². The number of likely N-dealkylation sites (N-methyl/N-ethyl adjacent to an activating group) is 1. The Morgan fingerprint density at radius 3 is 2.45 bits per heavy atom. The fourth-order valence-electron chi connectivity index (χ4n) is 5.31. The van der Waals surface area contributed by atoms with Crippen LogP contribution in [0, 0.1) is 0 Å². The predicted molar refractivity (Wildman–Crippen MR) is 146 cm³/mol. The third kappa shape index (κ3) is 6.70. The number of halogens is 1. The summed E-state index contributed by atoms with van der Waals surface area (Å²) in [6.07, 6.45) is 9.03. The highest BCUT2D eigenvalue weighted by molar-refractivity contribution is 14.0. The average molecular weight is 566 g/mol. The van der Waals surface area contributed by atoms with E-state index in [1.54, 1.807) is 0 Å². The Kier molecular flexibility index (Phi) is 9.57. The van der Waals surface area contributed by atoms with Crippen molar-refractivity contribution < 1.29 is 0 Å². The molecule has 4 rings (SSSR count). The first-order valence-electron chi connectivity index (χ1n) is 12.0. The fraction of sp³-hybridized carbons (Fsp3) is 0.600. The molecule has 0 radical (unpaired) electrons. The molecule has 33 heavy (non-hydrogen) atoms. The van der Waals surface area contributed by atoms with Crippen LogP contribution in [0.15, 0.2) is 47.7 Å². The maximum atomic E-state index is 4.97. The topological polar surface area (TPSA) is 60.7 Å². The van der Waals surface area contributed by atoms with E-state index in [4.69, 9.17) is 4.99 Å². The van der Waals surface area contributed by atoms with Crippen LogP contribution in [0.5, 0.6) is 0 Å². The highest BCUT2D eigenvalue weighted by Gasteiger charge is 2.40. The van der Waals surface area contributed by atoms with E-state index >= 15 is 0 Å². The van der Waals surface area contributed by atoms with E-state index in [1.165, 1.54) is 36.8 Å². The van der Waals surface area contributed by atoms with Gasteiger partial charge in [0.25, 0.3) is 0 Å². The van der Waals surface area contributed by atoms with Crippen LogP contribution in [-0.4, -0.2) is 70.9 Å². The van der Waals surface area contributed by atoms with Gasteiger partial charge in [0.2, 0.25) is 0 Å². The molecule has 8 heteroatoms.